The molecule has 0 unspecified atom stereocenters. The summed E-state index contributed by atoms with van der Waals surface area (Å²) in [5.41, 5.74) is 1.65. The van der Waals surface area contributed by atoms with E-state index in [0.29, 0.717) is 5.41 Å². The fourth-order valence-corrected chi connectivity index (χ4v) is 0.306. The maximum Gasteiger partial charge on any atom is 2.00 e. The van der Waals surface area contributed by atoms with Crippen LogP contribution < -0.4 is 12.4 Å². The van der Waals surface area contributed by atoms with Gasteiger partial charge in [0.25, 0.3) is 0 Å². The minimum absolute atomic E-state index is 0. The Kier molecular flexibility index (Phi) is 10.8. The molecule has 0 radical (unpaired) electrons. The number of hydrogen-bond acceptors (Lipinski definition) is 0. The van der Waals surface area contributed by atoms with Crippen LogP contribution in [0.4, 0.5) is 0 Å². The SMILES string of the molecule is [CH2-]C=C(C)C(C)(C)C.[Cl-].[Mg+2]. The second kappa shape index (κ2) is 6.38. The number of rotatable bonds is 0. The fourth-order valence-electron chi connectivity index (χ4n) is 0.306. The van der Waals surface area contributed by atoms with Gasteiger partial charge in [-0.05, 0) is 0 Å². The van der Waals surface area contributed by atoms with Crippen LogP contribution in [0, 0.1) is 12.3 Å². The number of halogens is 1. The van der Waals surface area contributed by atoms with Crippen LogP contribution in [0.15, 0.2) is 11.6 Å². The van der Waals surface area contributed by atoms with Crippen LogP contribution in [0.25, 0.3) is 0 Å². The van der Waals surface area contributed by atoms with Gasteiger partial charge < -0.3 is 12.4 Å². The van der Waals surface area contributed by atoms with E-state index in [1.54, 1.807) is 0 Å². The first kappa shape index (κ1) is 17.0. The van der Waals surface area contributed by atoms with Gasteiger partial charge in [0.1, 0.15) is 0 Å². The summed E-state index contributed by atoms with van der Waals surface area (Å²) in [5.74, 6) is 0. The van der Waals surface area contributed by atoms with Crippen molar-refractivity contribution in [2.75, 3.05) is 0 Å². The van der Waals surface area contributed by atoms with E-state index < -0.39 is 0 Å². The molecule has 0 aliphatic carbocycles. The summed E-state index contributed by atoms with van der Waals surface area (Å²) in [5, 5.41) is 0. The molecule has 0 amide bonds. The number of allylic oxidation sites excluding steroid dienone is 2. The van der Waals surface area contributed by atoms with Crippen molar-refractivity contribution in [3.05, 3.63) is 18.6 Å². The molecule has 0 heterocycles. The fraction of sp³-hybridized carbons (Fsp3) is 0.625. The van der Waals surface area contributed by atoms with Crippen LogP contribution >= 0.6 is 0 Å². The van der Waals surface area contributed by atoms with E-state index in [0.717, 1.165) is 0 Å². The summed E-state index contributed by atoms with van der Waals surface area (Å²) in [4.78, 5) is 0. The summed E-state index contributed by atoms with van der Waals surface area (Å²) in [7, 11) is 0. The van der Waals surface area contributed by atoms with Gasteiger partial charge in [-0.1, -0.05) is 26.2 Å². The molecule has 0 aromatic carbocycles. The first-order valence-corrected chi connectivity index (χ1v) is 2.95. The van der Waals surface area contributed by atoms with E-state index in [1.807, 2.05) is 6.08 Å². The molecule has 0 fully saturated rings. The molecule has 56 valence electrons. The molecule has 0 saturated carbocycles. The van der Waals surface area contributed by atoms with Crippen molar-refractivity contribution >= 4 is 23.1 Å². The van der Waals surface area contributed by atoms with Gasteiger partial charge in [0.2, 0.25) is 0 Å². The Balaban J connectivity index is -0.000000245. The average Bonchev–Trinajstić information content (AvgIpc) is 1.62. The van der Waals surface area contributed by atoms with E-state index in [9.17, 15) is 0 Å². The molecule has 0 atom stereocenters. The summed E-state index contributed by atoms with van der Waals surface area (Å²) >= 11 is 0. The molecule has 2 heteroatoms. The molecule has 0 aromatic heterocycles. The second-order valence-electron chi connectivity index (χ2n) is 3.14. The largest absolute Gasteiger partial charge is 2.00 e. The third kappa shape index (κ3) is 6.78. The summed E-state index contributed by atoms with van der Waals surface area (Å²) in [6.45, 7) is 12.3. The Morgan fingerprint density at radius 1 is 1.30 bits per heavy atom. The Hall–Kier alpha value is 0.666. The van der Waals surface area contributed by atoms with E-state index >= 15 is 0 Å². The summed E-state index contributed by atoms with van der Waals surface area (Å²) in [6, 6.07) is 0. The third-order valence-electron chi connectivity index (χ3n) is 1.49. The van der Waals surface area contributed by atoms with Crippen LogP contribution in [0.3, 0.4) is 0 Å². The van der Waals surface area contributed by atoms with Crippen LogP contribution in [0.1, 0.15) is 27.7 Å². The zero-order chi connectivity index (χ0) is 6.78. The maximum absolute atomic E-state index is 3.69. The van der Waals surface area contributed by atoms with Crippen molar-refractivity contribution in [1.82, 2.24) is 0 Å². The monoisotopic (exact) mass is 170 g/mol. The minimum atomic E-state index is 0. The molecule has 0 aliphatic rings. The van der Waals surface area contributed by atoms with E-state index in [2.05, 4.69) is 34.6 Å². The first-order chi connectivity index (χ1) is 3.48. The molecule has 0 aliphatic heterocycles. The summed E-state index contributed by atoms with van der Waals surface area (Å²) in [6.07, 6.45) is 1.92. The van der Waals surface area contributed by atoms with Gasteiger partial charge in [-0.25, -0.2) is 18.6 Å². The van der Waals surface area contributed by atoms with Gasteiger partial charge in [-0.2, -0.15) is 0 Å². The topological polar surface area (TPSA) is 0 Å². The van der Waals surface area contributed by atoms with Crippen molar-refractivity contribution in [2.24, 2.45) is 5.41 Å². The van der Waals surface area contributed by atoms with Gasteiger partial charge >= 0.3 is 23.1 Å². The summed E-state index contributed by atoms with van der Waals surface area (Å²) < 4.78 is 0. The molecular formula is C8H15ClMg. The molecule has 0 rings (SSSR count). The van der Waals surface area contributed by atoms with Crippen LogP contribution in [0.2, 0.25) is 0 Å². The van der Waals surface area contributed by atoms with Gasteiger partial charge in [-0.15, -0.1) is 6.92 Å². The molecule has 10 heavy (non-hydrogen) atoms. The van der Waals surface area contributed by atoms with Crippen molar-refractivity contribution < 1.29 is 12.4 Å². The smallest absolute Gasteiger partial charge is 1.00 e. The van der Waals surface area contributed by atoms with Gasteiger partial charge in [0.05, 0.1) is 0 Å². The first-order valence-electron chi connectivity index (χ1n) is 2.95. The van der Waals surface area contributed by atoms with E-state index in [-0.39, 0.29) is 35.5 Å². The Morgan fingerprint density at radius 3 is 1.60 bits per heavy atom. The quantitative estimate of drug-likeness (QED) is 0.338. The maximum atomic E-state index is 3.69. The van der Waals surface area contributed by atoms with Gasteiger partial charge in [-0.3, -0.25) is 0 Å². The molecule has 0 aromatic rings. The zero-order valence-electron chi connectivity index (χ0n) is 7.37. The Bertz CT molecular complexity index is 100. The van der Waals surface area contributed by atoms with Gasteiger partial charge in [0.15, 0.2) is 0 Å². The van der Waals surface area contributed by atoms with Crippen molar-refractivity contribution in [3.63, 3.8) is 0 Å². The Labute approximate surface area is 87.0 Å². The molecule has 0 nitrogen and oxygen atoms in total. The number of hydrogen-bond donors (Lipinski definition) is 0. The average molecular weight is 171 g/mol. The third-order valence-corrected chi connectivity index (χ3v) is 1.49. The van der Waals surface area contributed by atoms with Gasteiger partial charge in [0, 0.05) is 0 Å². The second-order valence-corrected chi connectivity index (χ2v) is 3.14. The van der Waals surface area contributed by atoms with Crippen LogP contribution in [-0.4, -0.2) is 23.1 Å². The standard InChI is InChI=1S/C8H15.ClH.Mg/c1-6-7(2)8(3,4)5;;/h6H,1H2,2-5H3;1H;/q-1;;+2/p-1. The van der Waals surface area contributed by atoms with E-state index in [4.69, 9.17) is 0 Å². The van der Waals surface area contributed by atoms with E-state index in [1.165, 1.54) is 5.57 Å². The molecule has 0 saturated heterocycles. The normalized spacial score (nSPS) is 11.4. The molecular weight excluding hydrogens is 156 g/mol. The molecule has 0 N–H and O–H groups in total. The van der Waals surface area contributed by atoms with Crippen molar-refractivity contribution in [3.8, 4) is 0 Å². The van der Waals surface area contributed by atoms with Crippen molar-refractivity contribution in [1.29, 1.82) is 0 Å². The molecule has 0 bridgehead atoms. The van der Waals surface area contributed by atoms with Crippen molar-refractivity contribution in [2.45, 2.75) is 27.7 Å². The predicted molar refractivity (Wildman–Crippen MR) is 44.3 cm³/mol. The van der Waals surface area contributed by atoms with Crippen LogP contribution in [-0.2, 0) is 0 Å². The predicted octanol–water partition coefficient (Wildman–Crippen LogP) is -0.564. The zero-order valence-corrected chi connectivity index (χ0v) is 9.54. The minimum Gasteiger partial charge on any atom is -1.00 e. The van der Waals surface area contributed by atoms with Crippen LogP contribution in [0.5, 0.6) is 0 Å². The molecule has 0 spiro atoms. The Morgan fingerprint density at radius 2 is 1.60 bits per heavy atom.